The smallest absolute Gasteiger partial charge is 0.311 e. The summed E-state index contributed by atoms with van der Waals surface area (Å²) in [5, 5.41) is 9.36. The first-order valence-corrected chi connectivity index (χ1v) is 9.04. The van der Waals surface area contributed by atoms with Gasteiger partial charge in [0.2, 0.25) is 7.37 Å². The molecule has 0 aliphatic carbocycles. The third kappa shape index (κ3) is 4.55. The number of hydrogen-bond acceptors (Lipinski definition) is 2. The van der Waals surface area contributed by atoms with Crippen molar-refractivity contribution in [3.05, 3.63) is 71.3 Å². The highest BCUT2D eigenvalue weighted by molar-refractivity contribution is 7.57. The van der Waals surface area contributed by atoms with Crippen LogP contribution in [0.1, 0.15) is 22.6 Å². The Morgan fingerprint density at radius 1 is 1.09 bits per heavy atom. The second kappa shape index (κ2) is 6.91. The Kier molecular flexibility index (Phi) is 5.17. The van der Waals surface area contributed by atoms with E-state index in [0.717, 1.165) is 11.1 Å². The van der Waals surface area contributed by atoms with Gasteiger partial charge in [0.15, 0.2) is 0 Å². The number of carbonyl (C=O) groups is 1. The monoisotopic (exact) mass is 318 g/mol. The van der Waals surface area contributed by atoms with Gasteiger partial charge in [0.25, 0.3) is 0 Å². The molecule has 2 aromatic rings. The van der Waals surface area contributed by atoms with Gasteiger partial charge in [0, 0.05) is 12.3 Å². The van der Waals surface area contributed by atoms with Gasteiger partial charge in [-0.1, -0.05) is 60.2 Å². The zero-order valence-corrected chi connectivity index (χ0v) is 13.2. The standard InChI is InChI=1S/C17H19O4P/c1-13-7-9-14(10-8-13)11-22(20,21)12-16(17(18)19)15-5-3-2-4-6-15/h2-10,16H,11-12H2,1H3,(H,18,19)(H,20,21). The molecule has 0 bridgehead atoms. The van der Waals surface area contributed by atoms with Crippen molar-refractivity contribution in [3.63, 3.8) is 0 Å². The summed E-state index contributed by atoms with van der Waals surface area (Å²) >= 11 is 0. The zero-order chi connectivity index (χ0) is 16.2. The largest absolute Gasteiger partial charge is 0.481 e. The van der Waals surface area contributed by atoms with Crippen LogP contribution in [0.25, 0.3) is 0 Å². The van der Waals surface area contributed by atoms with Crippen LogP contribution in [0, 0.1) is 6.92 Å². The van der Waals surface area contributed by atoms with Crippen LogP contribution >= 0.6 is 7.37 Å². The summed E-state index contributed by atoms with van der Waals surface area (Å²) < 4.78 is 12.4. The average molecular weight is 318 g/mol. The Hall–Kier alpha value is -1.90. The van der Waals surface area contributed by atoms with E-state index in [4.69, 9.17) is 0 Å². The van der Waals surface area contributed by atoms with Gasteiger partial charge in [0.05, 0.1) is 5.92 Å². The summed E-state index contributed by atoms with van der Waals surface area (Å²) in [6.07, 6.45) is -0.274. The quantitative estimate of drug-likeness (QED) is 0.798. The molecule has 0 saturated carbocycles. The highest BCUT2D eigenvalue weighted by atomic mass is 31.2. The summed E-state index contributed by atoms with van der Waals surface area (Å²) in [7, 11) is -3.59. The van der Waals surface area contributed by atoms with Gasteiger partial charge in [-0.15, -0.1) is 0 Å². The fraction of sp³-hybridized carbons (Fsp3) is 0.235. The van der Waals surface area contributed by atoms with Gasteiger partial charge in [-0.25, -0.2) is 0 Å². The van der Waals surface area contributed by atoms with Crippen molar-refractivity contribution in [2.45, 2.75) is 19.0 Å². The summed E-state index contributed by atoms with van der Waals surface area (Å²) in [5.74, 6) is -2.05. The minimum atomic E-state index is -3.59. The summed E-state index contributed by atoms with van der Waals surface area (Å²) in [6.45, 7) is 1.94. The number of carboxylic acids is 1. The molecule has 2 N–H and O–H groups in total. The Morgan fingerprint density at radius 2 is 1.68 bits per heavy atom. The second-order valence-electron chi connectivity index (χ2n) is 5.47. The fourth-order valence-corrected chi connectivity index (χ4v) is 4.19. The number of aryl methyl sites for hydroxylation is 1. The van der Waals surface area contributed by atoms with E-state index in [9.17, 15) is 19.4 Å². The lowest BCUT2D eigenvalue weighted by molar-refractivity contribution is -0.138. The van der Waals surface area contributed by atoms with Gasteiger partial charge in [-0.3, -0.25) is 9.36 Å². The van der Waals surface area contributed by atoms with Crippen molar-refractivity contribution in [2.24, 2.45) is 0 Å². The topological polar surface area (TPSA) is 74.6 Å². The molecule has 0 aliphatic heterocycles. The summed E-state index contributed by atoms with van der Waals surface area (Å²) in [5.41, 5.74) is 2.37. The van der Waals surface area contributed by atoms with Gasteiger partial charge < -0.3 is 10.00 Å². The lowest BCUT2D eigenvalue weighted by atomic mass is 10.0. The van der Waals surface area contributed by atoms with Crippen LogP contribution in [0.3, 0.4) is 0 Å². The molecule has 0 aromatic heterocycles. The number of aliphatic carboxylic acids is 1. The van der Waals surface area contributed by atoms with E-state index in [0.29, 0.717) is 5.56 Å². The molecule has 22 heavy (non-hydrogen) atoms. The Bertz CT molecular complexity index is 680. The number of benzene rings is 2. The molecule has 2 rings (SSSR count). The molecule has 0 spiro atoms. The molecule has 0 aliphatic rings. The molecule has 116 valence electrons. The Labute approximate surface area is 129 Å². The zero-order valence-electron chi connectivity index (χ0n) is 12.3. The van der Waals surface area contributed by atoms with Crippen molar-refractivity contribution in [1.82, 2.24) is 0 Å². The number of hydrogen-bond donors (Lipinski definition) is 2. The summed E-state index contributed by atoms with van der Waals surface area (Å²) in [4.78, 5) is 21.7. The van der Waals surface area contributed by atoms with E-state index in [2.05, 4.69) is 0 Å². The van der Waals surface area contributed by atoms with Crippen LogP contribution in [-0.2, 0) is 15.5 Å². The van der Waals surface area contributed by atoms with Gasteiger partial charge >= 0.3 is 5.97 Å². The van der Waals surface area contributed by atoms with E-state index in [1.807, 2.05) is 19.1 Å². The maximum atomic E-state index is 12.4. The normalized spacial score (nSPS) is 15.0. The van der Waals surface area contributed by atoms with Gasteiger partial charge in [-0.2, -0.15) is 0 Å². The fourth-order valence-electron chi connectivity index (χ4n) is 2.34. The number of carboxylic acid groups (broad SMARTS) is 1. The highest BCUT2D eigenvalue weighted by Gasteiger charge is 2.30. The minimum absolute atomic E-state index is 0.0100. The van der Waals surface area contributed by atoms with Crippen molar-refractivity contribution >= 4 is 13.3 Å². The minimum Gasteiger partial charge on any atom is -0.481 e. The van der Waals surface area contributed by atoms with Crippen molar-refractivity contribution in [2.75, 3.05) is 6.16 Å². The number of rotatable bonds is 6. The molecule has 2 atom stereocenters. The van der Waals surface area contributed by atoms with Crippen LogP contribution in [0.4, 0.5) is 0 Å². The van der Waals surface area contributed by atoms with Crippen molar-refractivity contribution in [3.8, 4) is 0 Å². The first-order chi connectivity index (χ1) is 10.4. The highest BCUT2D eigenvalue weighted by Crippen LogP contribution is 2.48. The SMILES string of the molecule is Cc1ccc(CP(=O)(O)CC(C(=O)O)c2ccccc2)cc1. The van der Waals surface area contributed by atoms with Crippen molar-refractivity contribution < 1.29 is 19.4 Å². The summed E-state index contributed by atoms with van der Waals surface area (Å²) in [6, 6.07) is 15.9. The second-order valence-corrected chi connectivity index (χ2v) is 7.85. The Morgan fingerprint density at radius 3 is 2.23 bits per heavy atom. The Balaban J connectivity index is 2.16. The molecule has 0 heterocycles. The molecule has 2 unspecified atom stereocenters. The molecule has 0 saturated heterocycles. The van der Waals surface area contributed by atoms with E-state index in [1.54, 1.807) is 42.5 Å². The molecule has 0 amide bonds. The van der Waals surface area contributed by atoms with Crippen LogP contribution in [0.5, 0.6) is 0 Å². The molecular formula is C17H19O4P. The average Bonchev–Trinajstić information content (AvgIpc) is 2.48. The van der Waals surface area contributed by atoms with E-state index in [1.165, 1.54) is 0 Å². The van der Waals surface area contributed by atoms with E-state index in [-0.39, 0.29) is 12.3 Å². The van der Waals surface area contributed by atoms with Gasteiger partial charge in [0.1, 0.15) is 0 Å². The third-order valence-electron chi connectivity index (χ3n) is 3.52. The van der Waals surface area contributed by atoms with Crippen LogP contribution in [-0.4, -0.2) is 22.1 Å². The van der Waals surface area contributed by atoms with Crippen molar-refractivity contribution in [1.29, 1.82) is 0 Å². The van der Waals surface area contributed by atoms with Crippen LogP contribution in [0.15, 0.2) is 54.6 Å². The van der Waals surface area contributed by atoms with Crippen LogP contribution < -0.4 is 0 Å². The predicted molar refractivity (Wildman–Crippen MR) is 86.4 cm³/mol. The molecule has 2 aromatic carbocycles. The molecule has 0 fully saturated rings. The van der Waals surface area contributed by atoms with Crippen LogP contribution in [0.2, 0.25) is 0 Å². The lowest BCUT2D eigenvalue weighted by Crippen LogP contribution is -2.16. The van der Waals surface area contributed by atoms with Gasteiger partial charge in [-0.05, 0) is 18.1 Å². The van der Waals surface area contributed by atoms with E-state index < -0.39 is 19.3 Å². The molecule has 0 radical (unpaired) electrons. The first-order valence-electron chi connectivity index (χ1n) is 7.01. The third-order valence-corrected chi connectivity index (χ3v) is 5.31. The van der Waals surface area contributed by atoms with E-state index >= 15 is 0 Å². The maximum Gasteiger partial charge on any atom is 0.311 e. The molecular weight excluding hydrogens is 299 g/mol. The molecule has 5 heteroatoms. The lowest BCUT2D eigenvalue weighted by Gasteiger charge is -2.18. The maximum absolute atomic E-state index is 12.4. The predicted octanol–water partition coefficient (Wildman–Crippen LogP) is 3.63. The first kappa shape index (κ1) is 16.5. The molecule has 4 nitrogen and oxygen atoms in total.